The zero-order valence-corrected chi connectivity index (χ0v) is 42.4. The van der Waals surface area contributed by atoms with Crippen LogP contribution in [0.15, 0.2) is 119 Å². The number of carboxylic acid groups (broad SMARTS) is 2. The molecule has 1 aliphatic heterocycles. The molecular formula is C56H64ClN7O8. The molecule has 6 aromatic rings. The fourth-order valence-corrected chi connectivity index (χ4v) is 10.4. The number of nitrogens with one attached hydrogen (secondary N) is 2. The number of halogens is 1. The van der Waals surface area contributed by atoms with Gasteiger partial charge in [-0.25, -0.2) is 4.98 Å². The predicted octanol–water partition coefficient (Wildman–Crippen LogP) is 9.13. The number of rotatable bonds is 20. The summed E-state index contributed by atoms with van der Waals surface area (Å²) in [5.74, 6) is -2.71. The number of hydrogen-bond donors (Lipinski definition) is 4. The molecule has 1 fully saturated rings. The maximum atomic E-state index is 14.2. The lowest BCUT2D eigenvalue weighted by molar-refractivity contribution is -0.139. The number of aryl methyl sites for hydroxylation is 1. The SMILES string of the molecule is Cc1cccc(Cl)c1-c1cncc([C@H](CC(=O)O)NC(=O)[C@@H](CC(C)C)n2ccc(CC3C[C@H](C)CN(c4cccc([C@H](CC(=O)O)NC(=O)[C@H](CC(C)C)n5cnc6ccccc6c5=O)c4)C3)cc2=O)c1. The van der Waals surface area contributed by atoms with E-state index in [1.807, 2.05) is 71.0 Å². The Bertz CT molecular complexity index is 3040. The van der Waals surface area contributed by atoms with Crippen LogP contribution in [0.25, 0.3) is 22.0 Å². The molecular weight excluding hydrogens is 934 g/mol. The molecule has 3 aromatic heterocycles. The van der Waals surface area contributed by atoms with E-state index in [4.69, 9.17) is 11.6 Å². The quantitative estimate of drug-likeness (QED) is 0.0568. The van der Waals surface area contributed by atoms with Crippen molar-refractivity contribution >= 4 is 51.9 Å². The van der Waals surface area contributed by atoms with Crippen molar-refractivity contribution in [3.63, 3.8) is 0 Å². The molecule has 0 radical (unpaired) electrons. The van der Waals surface area contributed by atoms with Crippen LogP contribution in [0.4, 0.5) is 5.69 Å². The minimum Gasteiger partial charge on any atom is -0.481 e. The molecule has 16 heteroatoms. The predicted molar refractivity (Wildman–Crippen MR) is 279 cm³/mol. The molecule has 378 valence electrons. The van der Waals surface area contributed by atoms with Gasteiger partial charge in [-0.15, -0.1) is 0 Å². The van der Waals surface area contributed by atoms with E-state index in [2.05, 4.69) is 32.4 Å². The van der Waals surface area contributed by atoms with E-state index in [1.165, 1.54) is 21.7 Å². The van der Waals surface area contributed by atoms with Gasteiger partial charge in [-0.3, -0.25) is 38.3 Å². The Hall–Kier alpha value is -7.13. The van der Waals surface area contributed by atoms with Gasteiger partial charge < -0.3 is 30.3 Å². The highest BCUT2D eigenvalue weighted by Gasteiger charge is 2.31. The van der Waals surface area contributed by atoms with Gasteiger partial charge in [0, 0.05) is 59.6 Å². The number of pyridine rings is 2. The third-order valence-corrected chi connectivity index (χ3v) is 13.7. The van der Waals surface area contributed by atoms with Crippen molar-refractivity contribution in [2.45, 2.75) is 104 Å². The molecule has 0 spiro atoms. The number of piperidine rings is 1. The summed E-state index contributed by atoms with van der Waals surface area (Å²) >= 11 is 6.57. The number of carboxylic acids is 2. The highest BCUT2D eigenvalue weighted by atomic mass is 35.5. The molecule has 0 bridgehead atoms. The standard InChI is InChI=1S/C56H64ClN7O8/c1-33(2)19-48(54(70)61-47(27-52(68)69)40-24-41(29-58-28-40)53-36(6)11-9-15-44(53)57)63-18-17-37(23-50(63)65)22-38-21-35(5)30-62(31-38)42-13-10-12-39(25-42)46(26-51(66)67)60-55(71)49(20-34(3)4)64-32-59-45-16-8-7-14-43(45)56(64)72/h7-18,23-25,28-29,32-35,38,46-49H,19-22,26-27,30-31H2,1-6H3,(H,60,71)(H,61,70)(H,66,67)(H,68,69)/t35-,38?,46-,47-,48+,49-/m0/s1. The molecule has 6 atom stereocenters. The van der Waals surface area contributed by atoms with Crippen LogP contribution in [0.5, 0.6) is 0 Å². The van der Waals surface area contributed by atoms with E-state index in [9.17, 15) is 39.0 Å². The highest BCUT2D eigenvalue weighted by Crippen LogP contribution is 2.34. The van der Waals surface area contributed by atoms with Crippen molar-refractivity contribution in [2.75, 3.05) is 18.0 Å². The molecule has 3 aromatic carbocycles. The second kappa shape index (κ2) is 23.4. The van der Waals surface area contributed by atoms with Gasteiger partial charge in [-0.1, -0.05) is 82.6 Å². The molecule has 4 heterocycles. The van der Waals surface area contributed by atoms with Crippen molar-refractivity contribution in [1.82, 2.24) is 29.7 Å². The lowest BCUT2D eigenvalue weighted by atomic mass is 9.86. The van der Waals surface area contributed by atoms with E-state index in [0.717, 1.165) is 35.3 Å². The third-order valence-electron chi connectivity index (χ3n) is 13.3. The largest absolute Gasteiger partial charge is 0.481 e. The number of para-hydroxylation sites is 1. The Balaban J connectivity index is 1.07. The van der Waals surface area contributed by atoms with Crippen LogP contribution in [0.2, 0.25) is 5.02 Å². The van der Waals surface area contributed by atoms with E-state index in [0.29, 0.717) is 58.4 Å². The summed E-state index contributed by atoms with van der Waals surface area (Å²) in [6.45, 7) is 13.3. The molecule has 4 N–H and O–H groups in total. The van der Waals surface area contributed by atoms with Gasteiger partial charge in [0.25, 0.3) is 11.1 Å². The number of aromatic nitrogens is 4. The zero-order valence-electron chi connectivity index (χ0n) is 41.6. The Labute approximate surface area is 424 Å². The first-order valence-electron chi connectivity index (χ1n) is 24.6. The summed E-state index contributed by atoms with van der Waals surface area (Å²) in [5, 5.41) is 26.8. The van der Waals surface area contributed by atoms with E-state index < -0.39 is 54.3 Å². The smallest absolute Gasteiger partial charge is 0.305 e. The number of fused-ring (bicyclic) bond motifs is 1. The number of carbonyl (C=O) groups is 4. The van der Waals surface area contributed by atoms with Gasteiger partial charge in [0.15, 0.2) is 0 Å². The minimum absolute atomic E-state index is 0.0167. The summed E-state index contributed by atoms with van der Waals surface area (Å²) < 4.78 is 2.77. The number of aliphatic carboxylic acids is 2. The van der Waals surface area contributed by atoms with Crippen molar-refractivity contribution in [2.24, 2.45) is 23.7 Å². The van der Waals surface area contributed by atoms with E-state index in [-0.39, 0.29) is 41.2 Å². The number of hydrogen-bond acceptors (Lipinski definition) is 9. The second-order valence-corrected chi connectivity index (χ2v) is 20.6. The molecule has 1 unspecified atom stereocenters. The van der Waals surface area contributed by atoms with Crippen LogP contribution in [-0.4, -0.2) is 66.2 Å². The van der Waals surface area contributed by atoms with Crippen molar-refractivity contribution < 1.29 is 29.4 Å². The first kappa shape index (κ1) is 52.7. The lowest BCUT2D eigenvalue weighted by Crippen LogP contribution is -2.41. The van der Waals surface area contributed by atoms with Crippen LogP contribution in [-0.2, 0) is 25.6 Å². The second-order valence-electron chi connectivity index (χ2n) is 20.2. The Kier molecular flexibility index (Phi) is 17.1. The first-order valence-corrected chi connectivity index (χ1v) is 25.0. The van der Waals surface area contributed by atoms with Crippen LogP contribution >= 0.6 is 11.6 Å². The molecule has 0 saturated carbocycles. The van der Waals surface area contributed by atoms with E-state index >= 15 is 0 Å². The number of carbonyl (C=O) groups excluding carboxylic acids is 2. The Morgan fingerprint density at radius 3 is 2.07 bits per heavy atom. The van der Waals surface area contributed by atoms with Gasteiger partial charge in [0.05, 0.1) is 42.2 Å². The maximum absolute atomic E-state index is 14.2. The molecule has 1 aliphatic rings. The molecule has 72 heavy (non-hydrogen) atoms. The molecule has 0 aliphatic carbocycles. The number of anilines is 1. The minimum atomic E-state index is -1.11. The summed E-state index contributed by atoms with van der Waals surface area (Å²) in [4.78, 5) is 91.6. The zero-order chi connectivity index (χ0) is 51.8. The Morgan fingerprint density at radius 2 is 1.42 bits per heavy atom. The van der Waals surface area contributed by atoms with E-state index in [1.54, 1.807) is 60.9 Å². The summed E-state index contributed by atoms with van der Waals surface area (Å²) in [5.41, 5.74) is 4.95. The van der Waals surface area contributed by atoms with Gasteiger partial charge in [-0.2, -0.15) is 0 Å². The highest BCUT2D eigenvalue weighted by molar-refractivity contribution is 6.33. The summed E-state index contributed by atoms with van der Waals surface area (Å²) in [7, 11) is 0. The van der Waals surface area contributed by atoms with Crippen molar-refractivity contribution in [3.8, 4) is 11.1 Å². The number of nitrogens with zero attached hydrogens (tertiary/aromatic N) is 5. The topological polar surface area (TPSA) is 206 Å². The fraction of sp³-hybridized carbons (Fsp3) is 0.393. The van der Waals surface area contributed by atoms with Gasteiger partial charge in [-0.05, 0) is 121 Å². The van der Waals surface area contributed by atoms with Crippen LogP contribution in [0.1, 0.15) is 113 Å². The molecule has 7 rings (SSSR count). The number of amides is 2. The van der Waals surface area contributed by atoms with Crippen LogP contribution < -0.4 is 26.7 Å². The average Bonchev–Trinajstić information content (AvgIpc) is 3.32. The lowest BCUT2D eigenvalue weighted by Gasteiger charge is -2.38. The van der Waals surface area contributed by atoms with Gasteiger partial charge in [0.1, 0.15) is 12.1 Å². The number of benzene rings is 3. The van der Waals surface area contributed by atoms with Gasteiger partial charge >= 0.3 is 11.9 Å². The monoisotopic (exact) mass is 997 g/mol. The van der Waals surface area contributed by atoms with Crippen molar-refractivity contribution in [1.29, 1.82) is 0 Å². The molecule has 2 amide bonds. The first-order chi connectivity index (χ1) is 34.3. The molecule has 1 saturated heterocycles. The van der Waals surface area contributed by atoms with Crippen molar-refractivity contribution in [3.05, 3.63) is 158 Å². The Morgan fingerprint density at radius 1 is 0.764 bits per heavy atom. The normalized spacial score (nSPS) is 16.5. The maximum Gasteiger partial charge on any atom is 0.305 e. The summed E-state index contributed by atoms with van der Waals surface area (Å²) in [6.07, 6.45) is 7.57. The van der Waals surface area contributed by atoms with Crippen LogP contribution in [0.3, 0.4) is 0 Å². The average molecular weight is 999 g/mol. The van der Waals surface area contributed by atoms with Crippen LogP contribution in [0, 0.1) is 30.6 Å². The molecule has 15 nitrogen and oxygen atoms in total. The van der Waals surface area contributed by atoms with Gasteiger partial charge in [0.2, 0.25) is 11.8 Å². The third kappa shape index (κ3) is 13.0. The fourth-order valence-electron chi connectivity index (χ4n) is 10.1. The summed E-state index contributed by atoms with van der Waals surface area (Å²) in [6, 6.07) is 21.6.